The van der Waals surface area contributed by atoms with Crippen molar-refractivity contribution in [2.45, 2.75) is 38.6 Å². The van der Waals surface area contributed by atoms with Gasteiger partial charge < -0.3 is 5.11 Å². The second-order valence-corrected chi connectivity index (χ2v) is 4.19. The van der Waals surface area contributed by atoms with Crippen LogP contribution in [0.15, 0.2) is 12.4 Å². The van der Waals surface area contributed by atoms with Crippen molar-refractivity contribution < 1.29 is 9.90 Å². The van der Waals surface area contributed by atoms with E-state index in [9.17, 15) is 4.79 Å². The second-order valence-electron chi connectivity index (χ2n) is 4.19. The number of carboxylic acid groups (broad SMARTS) is 1. The van der Waals surface area contributed by atoms with Crippen LogP contribution in [0.3, 0.4) is 0 Å². The summed E-state index contributed by atoms with van der Waals surface area (Å²) >= 11 is 0. The third-order valence-electron chi connectivity index (χ3n) is 2.82. The van der Waals surface area contributed by atoms with Gasteiger partial charge in [-0.1, -0.05) is 6.92 Å². The van der Waals surface area contributed by atoms with Gasteiger partial charge in [-0.2, -0.15) is 5.10 Å². The van der Waals surface area contributed by atoms with E-state index in [0.717, 1.165) is 31.4 Å². The zero-order chi connectivity index (χ0) is 10.8. The first-order chi connectivity index (χ1) is 7.22. The highest BCUT2D eigenvalue weighted by Gasteiger charge is 2.37. The molecule has 0 spiro atoms. The van der Waals surface area contributed by atoms with E-state index in [1.807, 2.05) is 10.9 Å². The lowest BCUT2D eigenvalue weighted by Gasteiger charge is -2.07. The van der Waals surface area contributed by atoms with E-state index in [4.69, 9.17) is 5.11 Å². The number of carboxylic acids is 1. The van der Waals surface area contributed by atoms with Gasteiger partial charge in [0.2, 0.25) is 0 Å². The first-order valence-electron chi connectivity index (χ1n) is 5.47. The molecule has 1 heterocycles. The van der Waals surface area contributed by atoms with E-state index < -0.39 is 5.97 Å². The molecule has 1 aliphatic carbocycles. The van der Waals surface area contributed by atoms with Crippen molar-refractivity contribution in [1.82, 2.24) is 9.78 Å². The van der Waals surface area contributed by atoms with Crippen molar-refractivity contribution in [3.63, 3.8) is 0 Å². The fourth-order valence-corrected chi connectivity index (χ4v) is 1.94. The van der Waals surface area contributed by atoms with Gasteiger partial charge in [-0.25, -0.2) is 0 Å². The molecule has 1 N–H and O–H groups in total. The fraction of sp³-hybridized carbons (Fsp3) is 0.636. The zero-order valence-corrected chi connectivity index (χ0v) is 8.89. The lowest BCUT2D eigenvalue weighted by Crippen LogP contribution is -2.13. The van der Waals surface area contributed by atoms with Crippen LogP contribution >= 0.6 is 0 Å². The van der Waals surface area contributed by atoms with Crippen LogP contribution in [0.5, 0.6) is 0 Å². The van der Waals surface area contributed by atoms with Gasteiger partial charge in [0, 0.05) is 18.3 Å². The first kappa shape index (κ1) is 10.2. The Morgan fingerprint density at radius 1 is 1.73 bits per heavy atom. The Balaban J connectivity index is 2.14. The van der Waals surface area contributed by atoms with Crippen molar-refractivity contribution in [2.75, 3.05) is 0 Å². The van der Waals surface area contributed by atoms with Crippen LogP contribution in [0.2, 0.25) is 0 Å². The molecule has 15 heavy (non-hydrogen) atoms. The smallest absolute Gasteiger partial charge is 0.311 e. The molecule has 1 atom stereocenters. The molecule has 0 aromatic carbocycles. The van der Waals surface area contributed by atoms with Gasteiger partial charge in [-0.15, -0.1) is 0 Å². The Kier molecular flexibility index (Phi) is 2.75. The minimum Gasteiger partial charge on any atom is -0.481 e. The minimum atomic E-state index is -0.714. The summed E-state index contributed by atoms with van der Waals surface area (Å²) in [6.07, 6.45) is 6.67. The summed E-state index contributed by atoms with van der Waals surface area (Å²) in [5.74, 6) is -0.717. The van der Waals surface area contributed by atoms with Crippen molar-refractivity contribution in [3.05, 3.63) is 18.0 Å². The fourth-order valence-electron chi connectivity index (χ4n) is 1.94. The monoisotopic (exact) mass is 208 g/mol. The zero-order valence-electron chi connectivity index (χ0n) is 8.89. The standard InChI is InChI=1S/C11H16N2O2/c1-2-5-13-7-9(6-12-13)10(11(14)15)8-3-4-8/h6-8,10H,2-5H2,1H3,(H,14,15). The molecule has 1 fully saturated rings. The van der Waals surface area contributed by atoms with Crippen LogP contribution in [0.25, 0.3) is 0 Å². The molecule has 0 saturated heterocycles. The Bertz CT molecular complexity index is 355. The molecule has 0 amide bonds. The van der Waals surface area contributed by atoms with E-state index in [2.05, 4.69) is 12.0 Å². The molecule has 1 aromatic rings. The highest BCUT2D eigenvalue weighted by molar-refractivity contribution is 5.76. The molecule has 1 unspecified atom stereocenters. The summed E-state index contributed by atoms with van der Waals surface area (Å²) in [5.41, 5.74) is 0.860. The number of carbonyl (C=O) groups is 1. The third kappa shape index (κ3) is 2.19. The largest absolute Gasteiger partial charge is 0.481 e. The summed E-state index contributed by atoms with van der Waals surface area (Å²) in [6, 6.07) is 0. The number of rotatable bonds is 5. The van der Waals surface area contributed by atoms with Crippen LogP contribution in [-0.4, -0.2) is 20.9 Å². The molecule has 4 heteroatoms. The number of aromatic nitrogens is 2. The number of aliphatic carboxylic acids is 1. The van der Waals surface area contributed by atoms with Crippen LogP contribution in [0, 0.1) is 5.92 Å². The average molecular weight is 208 g/mol. The van der Waals surface area contributed by atoms with Crippen molar-refractivity contribution in [2.24, 2.45) is 5.92 Å². The van der Waals surface area contributed by atoms with Crippen molar-refractivity contribution >= 4 is 5.97 Å². The summed E-state index contributed by atoms with van der Waals surface area (Å²) in [5, 5.41) is 13.3. The molecular formula is C11H16N2O2. The summed E-state index contributed by atoms with van der Waals surface area (Å²) in [4.78, 5) is 11.1. The van der Waals surface area contributed by atoms with Crippen molar-refractivity contribution in [3.8, 4) is 0 Å². The van der Waals surface area contributed by atoms with Gasteiger partial charge in [-0.3, -0.25) is 9.48 Å². The SMILES string of the molecule is CCCn1cc(C(C(=O)O)C2CC2)cn1. The quantitative estimate of drug-likeness (QED) is 0.803. The van der Waals surface area contributed by atoms with E-state index >= 15 is 0 Å². The molecule has 0 bridgehead atoms. The van der Waals surface area contributed by atoms with Gasteiger partial charge >= 0.3 is 5.97 Å². The lowest BCUT2D eigenvalue weighted by atomic mass is 9.98. The number of aryl methyl sites for hydroxylation is 1. The number of hydrogen-bond donors (Lipinski definition) is 1. The molecule has 2 rings (SSSR count). The normalized spacial score (nSPS) is 17.7. The molecule has 4 nitrogen and oxygen atoms in total. The molecule has 1 aromatic heterocycles. The topological polar surface area (TPSA) is 55.1 Å². The Morgan fingerprint density at radius 3 is 3.00 bits per heavy atom. The molecule has 82 valence electrons. The number of hydrogen-bond acceptors (Lipinski definition) is 2. The average Bonchev–Trinajstić information content (AvgIpc) is 2.88. The van der Waals surface area contributed by atoms with Gasteiger partial charge in [-0.05, 0) is 25.2 Å². The first-order valence-corrected chi connectivity index (χ1v) is 5.47. The van der Waals surface area contributed by atoms with Crippen LogP contribution in [0.4, 0.5) is 0 Å². The lowest BCUT2D eigenvalue weighted by molar-refractivity contribution is -0.139. The minimum absolute atomic E-state index is 0.335. The second kappa shape index (κ2) is 4.04. The van der Waals surface area contributed by atoms with Gasteiger partial charge in [0.25, 0.3) is 0 Å². The van der Waals surface area contributed by atoms with Gasteiger partial charge in [0.05, 0.1) is 12.1 Å². The predicted octanol–water partition coefficient (Wildman–Crippen LogP) is 1.87. The highest BCUT2D eigenvalue weighted by Crippen LogP contribution is 2.42. The maximum atomic E-state index is 11.1. The molecule has 0 aliphatic heterocycles. The molecule has 1 aliphatic rings. The van der Waals surface area contributed by atoms with Gasteiger partial charge in [0.1, 0.15) is 0 Å². The third-order valence-corrected chi connectivity index (χ3v) is 2.82. The van der Waals surface area contributed by atoms with Crippen LogP contribution < -0.4 is 0 Å². The van der Waals surface area contributed by atoms with Crippen molar-refractivity contribution in [1.29, 1.82) is 0 Å². The maximum Gasteiger partial charge on any atom is 0.311 e. The van der Waals surface area contributed by atoms with E-state index in [0.29, 0.717) is 5.92 Å². The van der Waals surface area contributed by atoms with E-state index in [1.54, 1.807) is 6.20 Å². The van der Waals surface area contributed by atoms with Crippen LogP contribution in [-0.2, 0) is 11.3 Å². The summed E-state index contributed by atoms with van der Waals surface area (Å²) in [7, 11) is 0. The molecular weight excluding hydrogens is 192 g/mol. The number of nitrogens with zero attached hydrogens (tertiary/aromatic N) is 2. The predicted molar refractivity (Wildman–Crippen MR) is 55.6 cm³/mol. The maximum absolute atomic E-state index is 11.1. The molecule has 1 saturated carbocycles. The summed E-state index contributed by atoms with van der Waals surface area (Å²) in [6.45, 7) is 2.94. The molecule has 0 radical (unpaired) electrons. The summed E-state index contributed by atoms with van der Waals surface area (Å²) < 4.78 is 1.83. The van der Waals surface area contributed by atoms with E-state index in [1.165, 1.54) is 0 Å². The Morgan fingerprint density at radius 2 is 2.47 bits per heavy atom. The van der Waals surface area contributed by atoms with Crippen LogP contribution in [0.1, 0.15) is 37.7 Å². The Labute approximate surface area is 88.9 Å². The highest BCUT2D eigenvalue weighted by atomic mass is 16.4. The Hall–Kier alpha value is -1.32. The van der Waals surface area contributed by atoms with E-state index in [-0.39, 0.29) is 5.92 Å². The van der Waals surface area contributed by atoms with Gasteiger partial charge in [0.15, 0.2) is 0 Å².